The van der Waals surface area contributed by atoms with Gasteiger partial charge in [-0.15, -0.1) is 0 Å². The van der Waals surface area contributed by atoms with Crippen LogP contribution in [0.1, 0.15) is 18.9 Å². The zero-order valence-electron chi connectivity index (χ0n) is 11.9. The molecule has 0 aliphatic rings. The number of hydrogen-bond donors (Lipinski definition) is 1. The molecule has 3 aromatic rings. The molecule has 3 rings (SSSR count). The number of aryl methyl sites for hydroxylation is 1. The molecule has 1 amide bonds. The van der Waals surface area contributed by atoms with Crippen molar-refractivity contribution in [3.63, 3.8) is 0 Å². The molecule has 0 aliphatic heterocycles. The van der Waals surface area contributed by atoms with Gasteiger partial charge in [-0.2, -0.15) is 0 Å². The summed E-state index contributed by atoms with van der Waals surface area (Å²) < 4.78 is 1.49. The lowest BCUT2D eigenvalue weighted by Crippen LogP contribution is -2.20. The number of aromatic nitrogens is 2. The summed E-state index contributed by atoms with van der Waals surface area (Å²) >= 11 is 0. The topological polar surface area (TPSA) is 60.9 Å². The minimum absolute atomic E-state index is 0.509. The second-order valence-electron chi connectivity index (χ2n) is 5.00. The molecule has 21 heavy (non-hydrogen) atoms. The molecule has 1 aromatic heterocycles. The number of primary amides is 1. The number of hydrogen-bond acceptors (Lipinski definition) is 2. The Labute approximate surface area is 123 Å². The number of carbonyl (C=O) groups excluding carboxylic acids is 1. The second kappa shape index (κ2) is 5.40. The van der Waals surface area contributed by atoms with E-state index in [4.69, 9.17) is 5.73 Å². The molecule has 4 heteroatoms. The molecule has 4 nitrogen and oxygen atoms in total. The molecule has 0 aliphatic carbocycles. The zero-order valence-corrected chi connectivity index (χ0v) is 11.9. The van der Waals surface area contributed by atoms with Crippen LogP contribution in [0, 0.1) is 0 Å². The predicted molar refractivity (Wildman–Crippen MR) is 84.1 cm³/mol. The van der Waals surface area contributed by atoms with Crippen molar-refractivity contribution in [3.8, 4) is 11.4 Å². The second-order valence-corrected chi connectivity index (χ2v) is 5.00. The van der Waals surface area contributed by atoms with E-state index in [0.717, 1.165) is 29.4 Å². The number of nitrogens with two attached hydrogens (primary N) is 1. The number of rotatable bonds is 3. The highest BCUT2D eigenvalue weighted by molar-refractivity contribution is 5.93. The summed E-state index contributed by atoms with van der Waals surface area (Å²) in [4.78, 5) is 16.5. The first kappa shape index (κ1) is 13.4. The SMILES string of the molecule is CCCc1ccccc1-c1nc2ccccc2n1C(N)=O. The highest BCUT2D eigenvalue weighted by atomic mass is 16.2. The Hall–Kier alpha value is -2.62. The van der Waals surface area contributed by atoms with Crippen LogP contribution in [0.3, 0.4) is 0 Å². The monoisotopic (exact) mass is 279 g/mol. The largest absolute Gasteiger partial charge is 0.351 e. The van der Waals surface area contributed by atoms with Gasteiger partial charge in [0.2, 0.25) is 0 Å². The Morgan fingerprint density at radius 1 is 1.14 bits per heavy atom. The van der Waals surface area contributed by atoms with Crippen molar-refractivity contribution < 1.29 is 4.79 Å². The fraction of sp³-hybridized carbons (Fsp3) is 0.176. The number of imidazole rings is 1. The lowest BCUT2D eigenvalue weighted by atomic mass is 10.0. The number of benzene rings is 2. The van der Waals surface area contributed by atoms with Gasteiger partial charge in [0.05, 0.1) is 11.0 Å². The minimum atomic E-state index is -0.509. The highest BCUT2D eigenvalue weighted by Gasteiger charge is 2.17. The van der Waals surface area contributed by atoms with Crippen molar-refractivity contribution in [1.82, 2.24) is 9.55 Å². The normalized spacial score (nSPS) is 10.9. The van der Waals surface area contributed by atoms with E-state index in [0.29, 0.717) is 5.82 Å². The van der Waals surface area contributed by atoms with Crippen LogP contribution in [-0.4, -0.2) is 15.6 Å². The van der Waals surface area contributed by atoms with Gasteiger partial charge in [-0.25, -0.2) is 14.3 Å². The third-order valence-corrected chi connectivity index (χ3v) is 3.56. The summed E-state index contributed by atoms with van der Waals surface area (Å²) in [5.41, 5.74) is 9.23. The fourth-order valence-electron chi connectivity index (χ4n) is 2.66. The third kappa shape index (κ3) is 2.29. The van der Waals surface area contributed by atoms with Crippen molar-refractivity contribution in [2.45, 2.75) is 19.8 Å². The van der Waals surface area contributed by atoms with Crippen LogP contribution >= 0.6 is 0 Å². The van der Waals surface area contributed by atoms with Gasteiger partial charge in [0.1, 0.15) is 5.82 Å². The Balaban J connectivity index is 2.30. The van der Waals surface area contributed by atoms with Gasteiger partial charge in [-0.1, -0.05) is 49.7 Å². The maximum Gasteiger partial charge on any atom is 0.325 e. The Morgan fingerprint density at radius 2 is 1.86 bits per heavy atom. The molecule has 0 saturated heterocycles. The number of para-hydroxylation sites is 2. The molecular weight excluding hydrogens is 262 g/mol. The minimum Gasteiger partial charge on any atom is -0.351 e. The molecular formula is C17H17N3O. The molecule has 0 atom stereocenters. The summed E-state index contributed by atoms with van der Waals surface area (Å²) in [5.74, 6) is 0.618. The van der Waals surface area contributed by atoms with Crippen LogP contribution in [-0.2, 0) is 6.42 Å². The average molecular weight is 279 g/mol. The highest BCUT2D eigenvalue weighted by Crippen LogP contribution is 2.27. The fourth-order valence-corrected chi connectivity index (χ4v) is 2.66. The van der Waals surface area contributed by atoms with E-state index < -0.39 is 6.03 Å². The lowest BCUT2D eigenvalue weighted by Gasteiger charge is -2.09. The first-order chi connectivity index (χ1) is 10.2. The van der Waals surface area contributed by atoms with E-state index in [2.05, 4.69) is 18.0 Å². The maximum absolute atomic E-state index is 11.9. The van der Waals surface area contributed by atoms with Gasteiger partial charge in [0, 0.05) is 5.56 Å². The average Bonchev–Trinajstić information content (AvgIpc) is 2.87. The number of carbonyl (C=O) groups is 1. The molecule has 0 spiro atoms. The first-order valence-electron chi connectivity index (χ1n) is 7.08. The molecule has 0 saturated carbocycles. The number of nitrogens with zero attached hydrogens (tertiary/aromatic N) is 2. The van der Waals surface area contributed by atoms with E-state index in [1.54, 1.807) is 0 Å². The summed E-state index contributed by atoms with van der Waals surface area (Å²) in [7, 11) is 0. The smallest absolute Gasteiger partial charge is 0.325 e. The van der Waals surface area contributed by atoms with E-state index in [-0.39, 0.29) is 0 Å². The van der Waals surface area contributed by atoms with E-state index in [1.165, 1.54) is 10.1 Å². The quantitative estimate of drug-likeness (QED) is 0.796. The van der Waals surface area contributed by atoms with Gasteiger partial charge >= 0.3 is 6.03 Å². The molecule has 2 aromatic carbocycles. The molecule has 0 bridgehead atoms. The number of fused-ring (bicyclic) bond motifs is 1. The van der Waals surface area contributed by atoms with Crippen LogP contribution in [0.2, 0.25) is 0 Å². The molecule has 0 unspecified atom stereocenters. The summed E-state index contributed by atoms with van der Waals surface area (Å²) in [6.07, 6.45) is 1.98. The van der Waals surface area contributed by atoms with Crippen LogP contribution in [0.15, 0.2) is 48.5 Å². The number of amides is 1. The van der Waals surface area contributed by atoms with Crippen molar-refractivity contribution in [2.24, 2.45) is 5.73 Å². The van der Waals surface area contributed by atoms with E-state index in [1.807, 2.05) is 42.5 Å². The van der Waals surface area contributed by atoms with Gasteiger partial charge in [-0.3, -0.25) is 0 Å². The van der Waals surface area contributed by atoms with Gasteiger partial charge < -0.3 is 5.73 Å². The zero-order chi connectivity index (χ0) is 14.8. The van der Waals surface area contributed by atoms with Crippen LogP contribution in [0.5, 0.6) is 0 Å². The van der Waals surface area contributed by atoms with E-state index in [9.17, 15) is 4.79 Å². The van der Waals surface area contributed by atoms with Crippen LogP contribution in [0.25, 0.3) is 22.4 Å². The summed E-state index contributed by atoms with van der Waals surface area (Å²) in [6.45, 7) is 2.13. The molecule has 0 fully saturated rings. The molecule has 1 heterocycles. The van der Waals surface area contributed by atoms with Gasteiger partial charge in [0.25, 0.3) is 0 Å². The standard InChI is InChI=1S/C17H17N3O/c1-2-7-12-8-3-4-9-13(12)16-19-14-10-5-6-11-15(14)20(16)17(18)21/h3-6,8-11H,2,7H2,1H3,(H2,18,21). The van der Waals surface area contributed by atoms with Crippen LogP contribution < -0.4 is 5.73 Å². The lowest BCUT2D eigenvalue weighted by molar-refractivity contribution is 0.251. The van der Waals surface area contributed by atoms with Crippen LogP contribution in [0.4, 0.5) is 4.79 Å². The van der Waals surface area contributed by atoms with Crippen molar-refractivity contribution in [1.29, 1.82) is 0 Å². The molecule has 2 N–H and O–H groups in total. The Bertz CT molecular complexity index is 805. The summed E-state index contributed by atoms with van der Waals surface area (Å²) in [5, 5.41) is 0. The van der Waals surface area contributed by atoms with Gasteiger partial charge in [-0.05, 0) is 24.1 Å². The van der Waals surface area contributed by atoms with E-state index >= 15 is 0 Å². The maximum atomic E-state index is 11.9. The Morgan fingerprint density at radius 3 is 2.62 bits per heavy atom. The molecule has 106 valence electrons. The first-order valence-corrected chi connectivity index (χ1v) is 7.08. The van der Waals surface area contributed by atoms with Crippen molar-refractivity contribution >= 4 is 17.1 Å². The molecule has 0 radical (unpaired) electrons. The van der Waals surface area contributed by atoms with Gasteiger partial charge in [0.15, 0.2) is 0 Å². The van der Waals surface area contributed by atoms with Crippen molar-refractivity contribution in [2.75, 3.05) is 0 Å². The summed E-state index contributed by atoms with van der Waals surface area (Å²) in [6, 6.07) is 15.1. The predicted octanol–water partition coefficient (Wildman–Crippen LogP) is 3.58. The van der Waals surface area contributed by atoms with Crippen molar-refractivity contribution in [3.05, 3.63) is 54.1 Å². The Kier molecular flexibility index (Phi) is 3.44. The third-order valence-electron chi connectivity index (χ3n) is 3.56.